The highest BCUT2D eigenvalue weighted by Crippen LogP contribution is 2.16. The van der Waals surface area contributed by atoms with Crippen molar-refractivity contribution >= 4 is 0 Å². The first-order valence-corrected chi connectivity index (χ1v) is 7.50. The highest BCUT2D eigenvalue weighted by Gasteiger charge is 2.29. The van der Waals surface area contributed by atoms with Gasteiger partial charge in [-0.15, -0.1) is 0 Å². The monoisotopic (exact) mass is 266 g/mol. The van der Waals surface area contributed by atoms with E-state index in [2.05, 4.69) is 28.1 Å². The molecule has 0 saturated carbocycles. The number of likely N-dealkylation sites (tertiary alicyclic amines) is 1. The molecule has 0 aliphatic carbocycles. The number of ether oxygens (including phenoxy) is 1. The summed E-state index contributed by atoms with van der Waals surface area (Å²) in [4.78, 5) is 4.97. The van der Waals surface area contributed by atoms with Crippen molar-refractivity contribution in [2.24, 2.45) is 0 Å². The average molecular weight is 266 g/mol. The van der Waals surface area contributed by atoms with Crippen LogP contribution in [0.25, 0.3) is 0 Å². The van der Waals surface area contributed by atoms with Gasteiger partial charge >= 0.3 is 0 Å². The van der Waals surface area contributed by atoms with Crippen LogP contribution in [0.4, 0.5) is 0 Å². The van der Waals surface area contributed by atoms with Crippen LogP contribution in [0.5, 0.6) is 0 Å². The van der Waals surface area contributed by atoms with E-state index >= 15 is 0 Å². The van der Waals surface area contributed by atoms with Gasteiger partial charge in [0.05, 0.1) is 19.3 Å². The Labute approximate surface area is 116 Å². The molecule has 108 valence electrons. The lowest BCUT2D eigenvalue weighted by Crippen LogP contribution is -2.46. The van der Waals surface area contributed by atoms with E-state index in [4.69, 9.17) is 10.00 Å². The fraction of sp³-hybridized carbons (Fsp3) is 0.929. The fourth-order valence-corrected chi connectivity index (χ4v) is 2.95. The standard InChI is InChI=1S/C14H26N4O/c1-2-4-16-13(10-15)11-17-5-3-14(12-17)18-6-8-19-9-7-18/h13-14,16H,2-9,11-12H2,1H3. The molecule has 0 aromatic heterocycles. The Kier molecular flexibility index (Phi) is 6.05. The normalized spacial score (nSPS) is 27.3. The predicted octanol–water partition coefficient (Wildman–Crippen LogP) is 0.285. The average Bonchev–Trinajstić information content (AvgIpc) is 2.93. The molecule has 2 saturated heterocycles. The molecule has 0 aromatic rings. The molecule has 2 atom stereocenters. The van der Waals surface area contributed by atoms with Crippen LogP contribution in [0.1, 0.15) is 19.8 Å². The van der Waals surface area contributed by atoms with Crippen LogP contribution in [0, 0.1) is 11.3 Å². The summed E-state index contributed by atoms with van der Waals surface area (Å²) in [5, 5.41) is 12.5. The van der Waals surface area contributed by atoms with E-state index in [0.717, 1.165) is 58.9 Å². The van der Waals surface area contributed by atoms with Crippen LogP contribution < -0.4 is 5.32 Å². The Balaban J connectivity index is 1.73. The minimum Gasteiger partial charge on any atom is -0.379 e. The maximum Gasteiger partial charge on any atom is 0.108 e. The van der Waals surface area contributed by atoms with Gasteiger partial charge in [0.2, 0.25) is 0 Å². The molecule has 2 aliphatic rings. The lowest BCUT2D eigenvalue weighted by molar-refractivity contribution is 0.0184. The maximum absolute atomic E-state index is 9.16. The fourth-order valence-electron chi connectivity index (χ4n) is 2.95. The molecule has 2 fully saturated rings. The van der Waals surface area contributed by atoms with Crippen molar-refractivity contribution < 1.29 is 4.74 Å². The molecule has 2 heterocycles. The Hall–Kier alpha value is -0.670. The van der Waals surface area contributed by atoms with E-state index in [9.17, 15) is 0 Å². The zero-order valence-electron chi connectivity index (χ0n) is 12.0. The smallest absolute Gasteiger partial charge is 0.108 e. The molecule has 0 amide bonds. The lowest BCUT2D eigenvalue weighted by Gasteiger charge is -2.32. The van der Waals surface area contributed by atoms with E-state index < -0.39 is 0 Å². The van der Waals surface area contributed by atoms with Gasteiger partial charge < -0.3 is 10.1 Å². The second-order valence-electron chi connectivity index (χ2n) is 5.49. The summed E-state index contributed by atoms with van der Waals surface area (Å²) in [7, 11) is 0. The zero-order valence-corrected chi connectivity index (χ0v) is 12.0. The molecule has 1 N–H and O–H groups in total. The van der Waals surface area contributed by atoms with Crippen molar-refractivity contribution in [3.05, 3.63) is 0 Å². The minimum atomic E-state index is -0.0246. The van der Waals surface area contributed by atoms with Crippen molar-refractivity contribution in [1.82, 2.24) is 15.1 Å². The largest absolute Gasteiger partial charge is 0.379 e. The summed E-state index contributed by atoms with van der Waals surface area (Å²) in [5.74, 6) is 0. The number of nitrogens with one attached hydrogen (secondary N) is 1. The van der Waals surface area contributed by atoms with Crippen LogP contribution in [0.2, 0.25) is 0 Å². The molecule has 0 aromatic carbocycles. The van der Waals surface area contributed by atoms with Gasteiger partial charge in [0.1, 0.15) is 6.04 Å². The van der Waals surface area contributed by atoms with Crippen LogP contribution in [-0.2, 0) is 4.74 Å². The molecule has 0 spiro atoms. The number of nitrogens with zero attached hydrogens (tertiary/aromatic N) is 3. The van der Waals surface area contributed by atoms with Crippen LogP contribution in [-0.4, -0.2) is 74.4 Å². The molecule has 0 radical (unpaired) electrons. The lowest BCUT2D eigenvalue weighted by atomic mass is 10.2. The Morgan fingerprint density at radius 2 is 2.16 bits per heavy atom. The quantitative estimate of drug-likeness (QED) is 0.748. The van der Waals surface area contributed by atoms with E-state index in [0.29, 0.717) is 6.04 Å². The summed E-state index contributed by atoms with van der Waals surface area (Å²) in [6.45, 7) is 10.0. The Morgan fingerprint density at radius 1 is 1.37 bits per heavy atom. The van der Waals surface area contributed by atoms with Gasteiger partial charge in [0.25, 0.3) is 0 Å². The van der Waals surface area contributed by atoms with Gasteiger partial charge in [-0.2, -0.15) is 5.26 Å². The molecule has 2 unspecified atom stereocenters. The van der Waals surface area contributed by atoms with E-state index in [1.807, 2.05) is 0 Å². The number of morpholine rings is 1. The van der Waals surface area contributed by atoms with Gasteiger partial charge in [-0.05, 0) is 25.9 Å². The van der Waals surface area contributed by atoms with Gasteiger partial charge in [-0.3, -0.25) is 9.80 Å². The summed E-state index contributed by atoms with van der Waals surface area (Å²) >= 11 is 0. The molecule has 19 heavy (non-hydrogen) atoms. The predicted molar refractivity (Wildman–Crippen MR) is 74.9 cm³/mol. The molecule has 2 aliphatic heterocycles. The first-order valence-electron chi connectivity index (χ1n) is 7.50. The first-order chi connectivity index (χ1) is 9.33. The van der Waals surface area contributed by atoms with Crippen LogP contribution in [0.15, 0.2) is 0 Å². The number of rotatable bonds is 6. The van der Waals surface area contributed by atoms with Crippen molar-refractivity contribution in [1.29, 1.82) is 5.26 Å². The second kappa shape index (κ2) is 7.81. The van der Waals surface area contributed by atoms with E-state index in [-0.39, 0.29) is 6.04 Å². The van der Waals surface area contributed by atoms with Crippen molar-refractivity contribution in [2.75, 3.05) is 52.5 Å². The highest BCUT2D eigenvalue weighted by atomic mass is 16.5. The number of hydrogen-bond donors (Lipinski definition) is 1. The van der Waals surface area contributed by atoms with Crippen molar-refractivity contribution in [3.63, 3.8) is 0 Å². The van der Waals surface area contributed by atoms with Gasteiger partial charge in [-0.1, -0.05) is 6.92 Å². The molecular weight excluding hydrogens is 240 g/mol. The molecule has 2 rings (SSSR count). The highest BCUT2D eigenvalue weighted by molar-refractivity contribution is 4.94. The topological polar surface area (TPSA) is 51.5 Å². The molecule has 5 nitrogen and oxygen atoms in total. The van der Waals surface area contributed by atoms with Crippen LogP contribution >= 0.6 is 0 Å². The second-order valence-corrected chi connectivity index (χ2v) is 5.49. The van der Waals surface area contributed by atoms with E-state index in [1.165, 1.54) is 6.42 Å². The van der Waals surface area contributed by atoms with Gasteiger partial charge in [0, 0.05) is 32.2 Å². The van der Waals surface area contributed by atoms with Gasteiger partial charge in [-0.25, -0.2) is 0 Å². The molecule has 5 heteroatoms. The van der Waals surface area contributed by atoms with E-state index in [1.54, 1.807) is 0 Å². The molecule has 0 bridgehead atoms. The third-order valence-corrected chi connectivity index (χ3v) is 4.05. The van der Waals surface area contributed by atoms with Crippen LogP contribution in [0.3, 0.4) is 0 Å². The number of nitriles is 1. The van der Waals surface area contributed by atoms with Gasteiger partial charge in [0.15, 0.2) is 0 Å². The summed E-state index contributed by atoms with van der Waals surface area (Å²) in [5.41, 5.74) is 0. The van der Waals surface area contributed by atoms with Crippen molar-refractivity contribution in [3.8, 4) is 6.07 Å². The Bertz CT molecular complexity index is 298. The SMILES string of the molecule is CCCNC(C#N)CN1CCC(N2CCOCC2)C1. The minimum absolute atomic E-state index is 0.0246. The third kappa shape index (κ3) is 4.43. The maximum atomic E-state index is 9.16. The zero-order chi connectivity index (χ0) is 13.5. The first kappa shape index (κ1) is 14.7. The molecular formula is C14H26N4O. The number of hydrogen-bond acceptors (Lipinski definition) is 5. The summed E-state index contributed by atoms with van der Waals surface area (Å²) in [6, 6.07) is 3.01. The van der Waals surface area contributed by atoms with Crippen molar-refractivity contribution in [2.45, 2.75) is 31.8 Å². The summed E-state index contributed by atoms with van der Waals surface area (Å²) in [6.07, 6.45) is 2.31. The summed E-state index contributed by atoms with van der Waals surface area (Å²) < 4.78 is 5.40. The Morgan fingerprint density at radius 3 is 2.84 bits per heavy atom. The third-order valence-electron chi connectivity index (χ3n) is 4.05.